The Morgan fingerprint density at radius 1 is 1.09 bits per heavy atom. The summed E-state index contributed by atoms with van der Waals surface area (Å²) in [5.74, 6) is -0.979. The molecule has 1 aliphatic heterocycles. The molecular weight excluding hydrogens is 473 g/mol. The molecule has 0 bridgehead atoms. The maximum Gasteiger partial charge on any atom is 0.269 e. The number of carbonyl (C=O) groups is 1. The fourth-order valence-corrected chi connectivity index (χ4v) is 4.90. The van der Waals surface area contributed by atoms with E-state index in [2.05, 4.69) is 11.9 Å². The standard InChI is InChI=1S/C25H24FN3O3S2/c1-2-3-4-5-9-15-29-24(31)20(34-25(29)33)16-17-22(32-19-12-7-6-11-18(19)26)27-21-13-8-10-14-28(21)23(17)30/h6-8,10-14,16H,2-5,9,15H2,1H3/b20-16+. The van der Waals surface area contributed by atoms with Gasteiger partial charge in [-0.05, 0) is 36.8 Å². The molecule has 1 aromatic carbocycles. The number of hydrogen-bond donors (Lipinski definition) is 0. The number of ether oxygens (including phenoxy) is 1. The molecule has 0 unspecified atom stereocenters. The highest BCUT2D eigenvalue weighted by atomic mass is 32.2. The van der Waals surface area contributed by atoms with Crippen LogP contribution in [0.3, 0.4) is 0 Å². The van der Waals surface area contributed by atoms with Crippen LogP contribution in [0.1, 0.15) is 44.6 Å². The van der Waals surface area contributed by atoms with Gasteiger partial charge in [0.25, 0.3) is 11.5 Å². The Morgan fingerprint density at radius 3 is 2.65 bits per heavy atom. The number of carbonyl (C=O) groups excluding carboxylic acids is 1. The van der Waals surface area contributed by atoms with Crippen molar-refractivity contribution in [2.75, 3.05) is 6.54 Å². The van der Waals surface area contributed by atoms with Crippen molar-refractivity contribution in [1.29, 1.82) is 0 Å². The van der Waals surface area contributed by atoms with Crippen molar-refractivity contribution < 1.29 is 13.9 Å². The van der Waals surface area contributed by atoms with Crippen molar-refractivity contribution in [3.63, 3.8) is 0 Å². The molecule has 0 saturated carbocycles. The van der Waals surface area contributed by atoms with Gasteiger partial charge in [-0.25, -0.2) is 4.39 Å². The summed E-state index contributed by atoms with van der Waals surface area (Å²) >= 11 is 6.56. The van der Waals surface area contributed by atoms with Crippen molar-refractivity contribution in [1.82, 2.24) is 14.3 Å². The Morgan fingerprint density at radius 2 is 1.85 bits per heavy atom. The highest BCUT2D eigenvalue weighted by Crippen LogP contribution is 2.34. The number of thioether (sulfide) groups is 1. The zero-order valence-electron chi connectivity index (χ0n) is 18.7. The monoisotopic (exact) mass is 497 g/mol. The minimum atomic E-state index is -0.585. The summed E-state index contributed by atoms with van der Waals surface area (Å²) in [5.41, 5.74) is -0.0345. The third kappa shape index (κ3) is 5.20. The van der Waals surface area contributed by atoms with Gasteiger partial charge >= 0.3 is 0 Å². The minimum absolute atomic E-state index is 0.0513. The van der Waals surface area contributed by atoms with Crippen molar-refractivity contribution in [3.8, 4) is 11.6 Å². The summed E-state index contributed by atoms with van der Waals surface area (Å²) in [5, 5.41) is 0. The molecule has 4 rings (SSSR count). The lowest BCUT2D eigenvalue weighted by atomic mass is 10.1. The summed E-state index contributed by atoms with van der Waals surface area (Å²) in [6.07, 6.45) is 8.36. The molecule has 1 amide bonds. The van der Waals surface area contributed by atoms with Gasteiger partial charge in [0.1, 0.15) is 15.5 Å². The summed E-state index contributed by atoms with van der Waals surface area (Å²) in [7, 11) is 0. The molecule has 176 valence electrons. The second kappa shape index (κ2) is 10.9. The Kier molecular flexibility index (Phi) is 7.74. The number of benzene rings is 1. The van der Waals surface area contributed by atoms with Crippen LogP contribution in [-0.2, 0) is 4.79 Å². The van der Waals surface area contributed by atoms with E-state index in [1.165, 1.54) is 29.0 Å². The van der Waals surface area contributed by atoms with Gasteiger partial charge in [0.15, 0.2) is 11.6 Å². The number of unbranched alkanes of at least 4 members (excludes halogenated alkanes) is 4. The van der Waals surface area contributed by atoms with Gasteiger partial charge in [0.05, 0.1) is 4.91 Å². The lowest BCUT2D eigenvalue weighted by Gasteiger charge is -2.14. The van der Waals surface area contributed by atoms with E-state index in [0.717, 1.165) is 37.4 Å². The highest BCUT2D eigenvalue weighted by molar-refractivity contribution is 8.26. The average molecular weight is 498 g/mol. The first-order chi connectivity index (χ1) is 16.5. The topological polar surface area (TPSA) is 63.9 Å². The molecule has 9 heteroatoms. The predicted molar refractivity (Wildman–Crippen MR) is 137 cm³/mol. The number of thiocarbonyl (C=S) groups is 1. The Balaban J connectivity index is 1.68. The molecule has 2 aromatic heterocycles. The number of pyridine rings is 1. The van der Waals surface area contributed by atoms with Crippen LogP contribution in [0.5, 0.6) is 11.6 Å². The second-order valence-corrected chi connectivity index (χ2v) is 9.52. The molecule has 0 aliphatic carbocycles. The lowest BCUT2D eigenvalue weighted by molar-refractivity contribution is -0.122. The van der Waals surface area contributed by atoms with Crippen LogP contribution < -0.4 is 10.3 Å². The van der Waals surface area contributed by atoms with Crippen molar-refractivity contribution in [2.45, 2.75) is 39.0 Å². The smallest absolute Gasteiger partial charge is 0.269 e. The molecule has 1 aliphatic rings. The van der Waals surface area contributed by atoms with Gasteiger partial charge in [-0.3, -0.25) is 18.9 Å². The Labute approximate surface area is 206 Å². The normalized spacial score (nSPS) is 15.0. The third-order valence-electron chi connectivity index (χ3n) is 5.41. The molecule has 0 N–H and O–H groups in total. The van der Waals surface area contributed by atoms with E-state index in [4.69, 9.17) is 17.0 Å². The third-order valence-corrected chi connectivity index (χ3v) is 6.79. The van der Waals surface area contributed by atoms with E-state index in [9.17, 15) is 14.0 Å². The molecule has 0 atom stereocenters. The van der Waals surface area contributed by atoms with Crippen LogP contribution in [-0.4, -0.2) is 31.1 Å². The summed E-state index contributed by atoms with van der Waals surface area (Å²) < 4.78 is 21.8. The number of rotatable bonds is 9. The van der Waals surface area contributed by atoms with Crippen LogP contribution in [0.15, 0.2) is 58.4 Å². The van der Waals surface area contributed by atoms with Crippen molar-refractivity contribution in [2.24, 2.45) is 0 Å². The molecular formula is C25H24FN3O3S2. The Bertz CT molecular complexity index is 1320. The number of para-hydroxylation sites is 1. The molecule has 1 saturated heterocycles. The van der Waals surface area contributed by atoms with Crippen molar-refractivity contribution in [3.05, 3.63) is 75.3 Å². The largest absolute Gasteiger partial charge is 0.435 e. The first-order valence-electron chi connectivity index (χ1n) is 11.2. The zero-order valence-corrected chi connectivity index (χ0v) is 20.3. The molecule has 1 fully saturated rings. The van der Waals surface area contributed by atoms with Gasteiger partial charge in [-0.2, -0.15) is 4.98 Å². The summed E-state index contributed by atoms with van der Waals surface area (Å²) in [4.78, 5) is 32.7. The fraction of sp³-hybridized carbons (Fsp3) is 0.280. The SMILES string of the molecule is CCCCCCCN1C(=O)/C(=C\c2c(Oc3ccccc3F)nc3ccccn3c2=O)SC1=S. The van der Waals surface area contributed by atoms with Crippen LogP contribution in [0.25, 0.3) is 11.7 Å². The number of aromatic nitrogens is 2. The minimum Gasteiger partial charge on any atom is -0.435 e. The molecule has 3 heterocycles. The van der Waals surface area contributed by atoms with Crippen molar-refractivity contribution >= 4 is 45.9 Å². The first-order valence-corrected chi connectivity index (χ1v) is 12.4. The van der Waals surface area contributed by atoms with Gasteiger partial charge < -0.3 is 4.74 Å². The number of hydrogen-bond acceptors (Lipinski definition) is 6. The van der Waals surface area contributed by atoms with Gasteiger partial charge in [0, 0.05) is 12.7 Å². The average Bonchev–Trinajstić information content (AvgIpc) is 3.10. The molecule has 6 nitrogen and oxygen atoms in total. The van der Waals surface area contributed by atoms with Gasteiger partial charge in [-0.1, -0.05) is 74.8 Å². The van der Waals surface area contributed by atoms with E-state index in [1.54, 1.807) is 41.4 Å². The van der Waals surface area contributed by atoms with Crippen LogP contribution in [0.2, 0.25) is 0 Å². The van der Waals surface area contributed by atoms with Crippen LogP contribution >= 0.6 is 24.0 Å². The van der Waals surface area contributed by atoms with Gasteiger partial charge in [-0.15, -0.1) is 0 Å². The maximum atomic E-state index is 14.3. The zero-order chi connectivity index (χ0) is 24.1. The predicted octanol–water partition coefficient (Wildman–Crippen LogP) is 5.80. The fourth-order valence-electron chi connectivity index (χ4n) is 3.61. The quantitative estimate of drug-likeness (QED) is 0.212. The van der Waals surface area contributed by atoms with Crippen LogP contribution in [0.4, 0.5) is 4.39 Å². The number of halogens is 1. The summed E-state index contributed by atoms with van der Waals surface area (Å²) in [6.45, 7) is 2.69. The Hall–Kier alpha value is -3.04. The highest BCUT2D eigenvalue weighted by Gasteiger charge is 2.32. The van der Waals surface area contributed by atoms with Crippen LogP contribution in [0, 0.1) is 5.82 Å². The second-order valence-electron chi connectivity index (χ2n) is 7.84. The van der Waals surface area contributed by atoms with E-state index >= 15 is 0 Å². The van der Waals surface area contributed by atoms with E-state index in [-0.39, 0.29) is 23.1 Å². The molecule has 3 aromatic rings. The molecule has 0 radical (unpaired) electrons. The number of fused-ring (bicyclic) bond motifs is 1. The first kappa shape index (κ1) is 24.1. The maximum absolute atomic E-state index is 14.3. The number of nitrogens with zero attached hydrogens (tertiary/aromatic N) is 3. The van der Waals surface area contributed by atoms with E-state index < -0.39 is 11.4 Å². The number of amides is 1. The summed E-state index contributed by atoms with van der Waals surface area (Å²) in [6, 6.07) is 11.0. The lowest BCUT2D eigenvalue weighted by Crippen LogP contribution is -2.29. The van der Waals surface area contributed by atoms with E-state index in [0.29, 0.717) is 21.4 Å². The van der Waals surface area contributed by atoms with Gasteiger partial charge in [0.2, 0.25) is 5.88 Å². The van der Waals surface area contributed by atoms with E-state index in [1.807, 2.05) is 0 Å². The molecule has 34 heavy (non-hydrogen) atoms. The molecule has 0 spiro atoms.